The van der Waals surface area contributed by atoms with Gasteiger partial charge in [-0.1, -0.05) is 28.7 Å². The van der Waals surface area contributed by atoms with Gasteiger partial charge in [0, 0.05) is 12.0 Å². The van der Waals surface area contributed by atoms with E-state index in [4.69, 9.17) is 4.74 Å². The van der Waals surface area contributed by atoms with Crippen molar-refractivity contribution in [3.05, 3.63) is 34.6 Å². The van der Waals surface area contributed by atoms with Crippen LogP contribution >= 0.6 is 35.2 Å². The first-order valence-corrected chi connectivity index (χ1v) is 6.37. The molecule has 1 aliphatic rings. The van der Waals surface area contributed by atoms with Crippen LogP contribution in [0.25, 0.3) is 0 Å². The number of allylic oxidation sites excluding steroid dienone is 3. The molecule has 0 saturated carbocycles. The lowest BCUT2D eigenvalue weighted by Gasteiger charge is -2.15. The maximum Gasteiger partial charge on any atom is 0.143 e. The molecule has 1 aliphatic carbocycles. The quantitative estimate of drug-likeness (QED) is 0.469. The molecule has 0 aliphatic heterocycles. The molecule has 4 heteroatoms. The van der Waals surface area contributed by atoms with Gasteiger partial charge in [0.05, 0.1) is 15.7 Å². The SMILES string of the molecule is CCOC1=CC(S)=CC(C)(I)C=C1NC. The molecule has 0 aromatic rings. The van der Waals surface area contributed by atoms with Gasteiger partial charge < -0.3 is 10.1 Å². The third-order valence-electron chi connectivity index (χ3n) is 1.97. The number of thiol groups is 1. The summed E-state index contributed by atoms with van der Waals surface area (Å²) in [6.07, 6.45) is 6.18. The number of alkyl halides is 1. The van der Waals surface area contributed by atoms with Crippen LogP contribution in [0, 0.1) is 0 Å². The largest absolute Gasteiger partial charge is 0.492 e. The van der Waals surface area contributed by atoms with Gasteiger partial charge in [-0.25, -0.2) is 0 Å². The van der Waals surface area contributed by atoms with Crippen molar-refractivity contribution >= 4 is 35.2 Å². The van der Waals surface area contributed by atoms with E-state index in [9.17, 15) is 0 Å². The minimum atomic E-state index is -0.0391. The fourth-order valence-corrected chi connectivity index (χ4v) is 2.69. The molecule has 0 aromatic heterocycles. The maximum atomic E-state index is 5.57. The Balaban J connectivity index is 3.10. The lowest BCUT2D eigenvalue weighted by molar-refractivity contribution is 0.234. The van der Waals surface area contributed by atoms with Crippen LogP contribution in [0.4, 0.5) is 0 Å². The number of likely N-dealkylation sites (N-methyl/N-ethyl adjacent to an activating group) is 1. The van der Waals surface area contributed by atoms with E-state index < -0.39 is 0 Å². The molecule has 0 saturated heterocycles. The second-order valence-corrected chi connectivity index (χ2v) is 6.31. The molecule has 0 fully saturated rings. The molecule has 0 bridgehead atoms. The Hall–Kier alpha value is -0.100. The van der Waals surface area contributed by atoms with Gasteiger partial charge in [0.25, 0.3) is 0 Å². The van der Waals surface area contributed by atoms with Gasteiger partial charge in [0.15, 0.2) is 0 Å². The molecule has 0 amide bonds. The van der Waals surface area contributed by atoms with Gasteiger partial charge in [-0.3, -0.25) is 0 Å². The van der Waals surface area contributed by atoms with Gasteiger partial charge in [0.2, 0.25) is 0 Å². The second kappa shape index (κ2) is 5.30. The summed E-state index contributed by atoms with van der Waals surface area (Å²) in [4.78, 5) is 0.928. The van der Waals surface area contributed by atoms with Crippen molar-refractivity contribution in [3.63, 3.8) is 0 Å². The molecule has 1 N–H and O–H groups in total. The van der Waals surface area contributed by atoms with E-state index in [1.807, 2.05) is 20.0 Å². The molecule has 84 valence electrons. The fourth-order valence-electron chi connectivity index (χ4n) is 1.41. The number of nitrogens with one attached hydrogen (secondary N) is 1. The van der Waals surface area contributed by atoms with Crippen molar-refractivity contribution in [2.75, 3.05) is 13.7 Å². The van der Waals surface area contributed by atoms with E-state index in [0.29, 0.717) is 6.61 Å². The normalized spacial score (nSPS) is 26.1. The van der Waals surface area contributed by atoms with Crippen LogP contribution in [0.3, 0.4) is 0 Å². The topological polar surface area (TPSA) is 21.3 Å². The zero-order chi connectivity index (χ0) is 11.5. The average molecular weight is 337 g/mol. The Kier molecular flexibility index (Phi) is 4.58. The minimum absolute atomic E-state index is 0.0391. The lowest BCUT2D eigenvalue weighted by Crippen LogP contribution is -2.15. The minimum Gasteiger partial charge on any atom is -0.492 e. The third kappa shape index (κ3) is 3.75. The highest BCUT2D eigenvalue weighted by Gasteiger charge is 2.20. The summed E-state index contributed by atoms with van der Waals surface area (Å²) in [6, 6.07) is 0. The summed E-state index contributed by atoms with van der Waals surface area (Å²) in [5.74, 6) is 0.849. The first-order valence-electron chi connectivity index (χ1n) is 4.84. The van der Waals surface area contributed by atoms with Gasteiger partial charge in [-0.15, -0.1) is 12.6 Å². The van der Waals surface area contributed by atoms with Gasteiger partial charge in [-0.2, -0.15) is 0 Å². The van der Waals surface area contributed by atoms with Crippen LogP contribution in [0.15, 0.2) is 34.6 Å². The molecular formula is C11H16INOS. The van der Waals surface area contributed by atoms with Crippen molar-refractivity contribution in [2.45, 2.75) is 17.3 Å². The molecule has 0 heterocycles. The monoisotopic (exact) mass is 337 g/mol. The van der Waals surface area contributed by atoms with Crippen LogP contribution in [-0.2, 0) is 4.74 Å². The predicted octanol–water partition coefficient (Wildman–Crippen LogP) is 3.03. The van der Waals surface area contributed by atoms with Gasteiger partial charge in [-0.05, 0) is 26.0 Å². The van der Waals surface area contributed by atoms with Crippen LogP contribution in [0.1, 0.15) is 13.8 Å². The third-order valence-corrected chi connectivity index (χ3v) is 2.85. The van der Waals surface area contributed by atoms with E-state index in [1.54, 1.807) is 0 Å². The molecule has 1 atom stereocenters. The molecule has 15 heavy (non-hydrogen) atoms. The predicted molar refractivity (Wildman–Crippen MR) is 76.3 cm³/mol. The van der Waals surface area contributed by atoms with Crippen molar-refractivity contribution in [3.8, 4) is 0 Å². The number of hydrogen-bond donors (Lipinski definition) is 2. The molecule has 0 spiro atoms. The number of hydrogen-bond acceptors (Lipinski definition) is 3. The highest BCUT2D eigenvalue weighted by Crippen LogP contribution is 2.31. The number of rotatable bonds is 3. The Labute approximate surface area is 110 Å². The van der Waals surface area contributed by atoms with Crippen LogP contribution in [0.5, 0.6) is 0 Å². The molecule has 0 aromatic carbocycles. The second-order valence-electron chi connectivity index (χ2n) is 3.47. The zero-order valence-corrected chi connectivity index (χ0v) is 12.2. The summed E-state index contributed by atoms with van der Waals surface area (Å²) in [5, 5.41) is 3.15. The Morgan fingerprint density at radius 1 is 1.53 bits per heavy atom. The van der Waals surface area contributed by atoms with Crippen molar-refractivity contribution in [1.29, 1.82) is 0 Å². The number of ether oxygens (including phenoxy) is 1. The van der Waals surface area contributed by atoms with Crippen LogP contribution in [0.2, 0.25) is 0 Å². The van der Waals surface area contributed by atoms with Gasteiger partial charge >= 0.3 is 0 Å². The molecular weight excluding hydrogens is 321 g/mol. The molecule has 1 unspecified atom stereocenters. The summed E-state index contributed by atoms with van der Waals surface area (Å²) in [5.41, 5.74) is 1.01. The molecule has 2 nitrogen and oxygen atoms in total. The van der Waals surface area contributed by atoms with Crippen molar-refractivity contribution in [2.24, 2.45) is 0 Å². The van der Waals surface area contributed by atoms with Crippen molar-refractivity contribution < 1.29 is 4.74 Å². The summed E-state index contributed by atoms with van der Waals surface area (Å²) in [7, 11) is 1.90. The molecule has 1 rings (SSSR count). The smallest absolute Gasteiger partial charge is 0.143 e. The summed E-state index contributed by atoms with van der Waals surface area (Å²) < 4.78 is 5.53. The molecule has 0 radical (unpaired) electrons. The zero-order valence-electron chi connectivity index (χ0n) is 9.17. The van der Waals surface area contributed by atoms with E-state index in [0.717, 1.165) is 16.4 Å². The fraction of sp³-hybridized carbons (Fsp3) is 0.455. The maximum absolute atomic E-state index is 5.57. The highest BCUT2D eigenvalue weighted by molar-refractivity contribution is 14.1. The lowest BCUT2D eigenvalue weighted by atomic mass is 10.1. The summed E-state index contributed by atoms with van der Waals surface area (Å²) >= 11 is 6.79. The Morgan fingerprint density at radius 3 is 2.73 bits per heavy atom. The van der Waals surface area contributed by atoms with E-state index >= 15 is 0 Å². The first-order chi connectivity index (χ1) is 6.98. The average Bonchev–Trinajstić information content (AvgIpc) is 2.22. The number of halogens is 1. The van der Waals surface area contributed by atoms with Crippen LogP contribution < -0.4 is 5.32 Å². The van der Waals surface area contributed by atoms with E-state index in [1.165, 1.54) is 0 Å². The highest BCUT2D eigenvalue weighted by atomic mass is 127. The van der Waals surface area contributed by atoms with Gasteiger partial charge in [0.1, 0.15) is 5.76 Å². The standard InChI is InChI=1S/C11H16INOS/c1-4-14-10-5-8(15)6-11(2,12)7-9(10)13-3/h5-7,13,15H,4H2,1-3H3. The Bertz CT molecular complexity index is 331. The van der Waals surface area contributed by atoms with E-state index in [-0.39, 0.29) is 3.42 Å². The van der Waals surface area contributed by atoms with Crippen LogP contribution in [-0.4, -0.2) is 17.1 Å². The van der Waals surface area contributed by atoms with E-state index in [2.05, 4.69) is 59.6 Å². The summed E-state index contributed by atoms with van der Waals surface area (Å²) in [6.45, 7) is 4.76. The first kappa shape index (κ1) is 13.0. The Morgan fingerprint density at radius 2 is 2.20 bits per heavy atom. The van der Waals surface area contributed by atoms with Crippen molar-refractivity contribution in [1.82, 2.24) is 5.32 Å².